The van der Waals surface area contributed by atoms with Crippen LogP contribution in [0.1, 0.15) is 25.8 Å². The molecular formula is C14H18N2O. The molecule has 1 amide bonds. The summed E-state index contributed by atoms with van der Waals surface area (Å²) in [6.45, 7) is 3.84. The number of rotatable bonds is 5. The number of amides is 1. The number of aryl methyl sites for hydroxylation is 1. The third kappa shape index (κ3) is 4.69. The molecule has 0 aliphatic carbocycles. The number of nitrogens with zero attached hydrogens (tertiary/aromatic N) is 1. The first-order valence-corrected chi connectivity index (χ1v) is 5.86. The molecular weight excluding hydrogens is 212 g/mol. The van der Waals surface area contributed by atoms with Crippen LogP contribution in [0.25, 0.3) is 0 Å². The summed E-state index contributed by atoms with van der Waals surface area (Å²) in [4.78, 5) is 11.6. The van der Waals surface area contributed by atoms with Crippen molar-refractivity contribution in [2.75, 3.05) is 0 Å². The van der Waals surface area contributed by atoms with Crippen LogP contribution in [-0.4, -0.2) is 11.9 Å². The first-order chi connectivity index (χ1) is 8.13. The summed E-state index contributed by atoms with van der Waals surface area (Å²) < 4.78 is 0. The molecule has 3 heteroatoms. The SMILES string of the molecule is CC(C)C(C#N)NC(=O)CCc1ccccc1. The molecule has 0 bridgehead atoms. The molecule has 17 heavy (non-hydrogen) atoms. The average molecular weight is 230 g/mol. The number of hydrogen-bond acceptors (Lipinski definition) is 2. The average Bonchev–Trinajstić information content (AvgIpc) is 2.34. The maximum absolute atomic E-state index is 11.6. The number of nitrogens with one attached hydrogen (secondary N) is 1. The number of benzene rings is 1. The van der Waals surface area contributed by atoms with E-state index in [0.29, 0.717) is 12.8 Å². The Labute approximate surface area is 102 Å². The zero-order valence-electron chi connectivity index (χ0n) is 10.3. The van der Waals surface area contributed by atoms with Gasteiger partial charge in [0.25, 0.3) is 0 Å². The molecule has 1 N–H and O–H groups in total. The lowest BCUT2D eigenvalue weighted by Gasteiger charge is -2.14. The molecule has 0 spiro atoms. The molecule has 1 aromatic carbocycles. The summed E-state index contributed by atoms with van der Waals surface area (Å²) in [6, 6.07) is 11.6. The summed E-state index contributed by atoms with van der Waals surface area (Å²) in [7, 11) is 0. The van der Waals surface area contributed by atoms with Crippen LogP contribution in [-0.2, 0) is 11.2 Å². The van der Waals surface area contributed by atoms with Gasteiger partial charge < -0.3 is 5.32 Å². The lowest BCUT2D eigenvalue weighted by atomic mass is 10.1. The lowest BCUT2D eigenvalue weighted by Crippen LogP contribution is -2.37. The lowest BCUT2D eigenvalue weighted by molar-refractivity contribution is -0.121. The van der Waals surface area contributed by atoms with Crippen molar-refractivity contribution in [2.24, 2.45) is 5.92 Å². The van der Waals surface area contributed by atoms with Gasteiger partial charge in [-0.05, 0) is 17.9 Å². The molecule has 1 atom stereocenters. The topological polar surface area (TPSA) is 52.9 Å². The van der Waals surface area contributed by atoms with Crippen molar-refractivity contribution in [1.82, 2.24) is 5.32 Å². The Hall–Kier alpha value is -1.82. The fraction of sp³-hybridized carbons (Fsp3) is 0.429. The van der Waals surface area contributed by atoms with Gasteiger partial charge in [-0.3, -0.25) is 4.79 Å². The van der Waals surface area contributed by atoms with Crippen LogP contribution in [0, 0.1) is 17.2 Å². The van der Waals surface area contributed by atoms with Crippen molar-refractivity contribution in [3.8, 4) is 6.07 Å². The van der Waals surface area contributed by atoms with E-state index in [-0.39, 0.29) is 11.8 Å². The molecule has 1 aromatic rings. The first kappa shape index (κ1) is 13.2. The quantitative estimate of drug-likeness (QED) is 0.843. The fourth-order valence-corrected chi connectivity index (χ4v) is 1.50. The molecule has 1 unspecified atom stereocenters. The minimum absolute atomic E-state index is 0.0610. The largest absolute Gasteiger partial charge is 0.340 e. The molecule has 0 aliphatic heterocycles. The van der Waals surface area contributed by atoms with Crippen LogP contribution < -0.4 is 5.32 Å². The van der Waals surface area contributed by atoms with Gasteiger partial charge in [-0.15, -0.1) is 0 Å². The first-order valence-electron chi connectivity index (χ1n) is 5.86. The van der Waals surface area contributed by atoms with Crippen LogP contribution >= 0.6 is 0 Å². The standard InChI is InChI=1S/C14H18N2O/c1-11(2)13(10-15)16-14(17)9-8-12-6-4-3-5-7-12/h3-7,11,13H,8-9H2,1-2H3,(H,16,17). The zero-order chi connectivity index (χ0) is 12.7. The summed E-state index contributed by atoms with van der Waals surface area (Å²) in [6.07, 6.45) is 1.14. The van der Waals surface area contributed by atoms with Crippen LogP contribution in [0.5, 0.6) is 0 Å². The van der Waals surface area contributed by atoms with E-state index < -0.39 is 6.04 Å². The highest BCUT2D eigenvalue weighted by Crippen LogP contribution is 2.04. The van der Waals surface area contributed by atoms with E-state index in [1.165, 1.54) is 0 Å². The fourth-order valence-electron chi connectivity index (χ4n) is 1.50. The van der Waals surface area contributed by atoms with Gasteiger partial charge in [0.2, 0.25) is 5.91 Å². The van der Waals surface area contributed by atoms with Crippen LogP contribution in [0.3, 0.4) is 0 Å². The van der Waals surface area contributed by atoms with Crippen molar-refractivity contribution < 1.29 is 4.79 Å². The second-order valence-electron chi connectivity index (χ2n) is 4.40. The van der Waals surface area contributed by atoms with Gasteiger partial charge in [0.1, 0.15) is 6.04 Å². The van der Waals surface area contributed by atoms with E-state index in [0.717, 1.165) is 5.56 Å². The third-order valence-electron chi connectivity index (χ3n) is 2.61. The highest BCUT2D eigenvalue weighted by Gasteiger charge is 2.14. The predicted octanol–water partition coefficient (Wildman–Crippen LogP) is 2.28. The number of carbonyl (C=O) groups is 1. The molecule has 1 rings (SSSR count). The Morgan fingerprint density at radius 1 is 1.35 bits per heavy atom. The second kappa shape index (κ2) is 6.70. The summed E-state index contributed by atoms with van der Waals surface area (Å²) in [5, 5.41) is 11.6. The van der Waals surface area contributed by atoms with Gasteiger partial charge >= 0.3 is 0 Å². The van der Waals surface area contributed by atoms with Crippen LogP contribution in [0.15, 0.2) is 30.3 Å². The molecule has 90 valence electrons. The van der Waals surface area contributed by atoms with Crippen molar-refractivity contribution in [1.29, 1.82) is 5.26 Å². The molecule has 0 fully saturated rings. The number of hydrogen-bond donors (Lipinski definition) is 1. The van der Waals surface area contributed by atoms with Crippen molar-refractivity contribution >= 4 is 5.91 Å². The summed E-state index contributed by atoms with van der Waals surface area (Å²) >= 11 is 0. The molecule has 0 heterocycles. The van der Waals surface area contributed by atoms with Gasteiger partial charge in [-0.2, -0.15) is 5.26 Å². The molecule has 3 nitrogen and oxygen atoms in total. The Kier molecular flexibility index (Phi) is 5.22. The van der Waals surface area contributed by atoms with Crippen molar-refractivity contribution in [3.63, 3.8) is 0 Å². The van der Waals surface area contributed by atoms with E-state index in [4.69, 9.17) is 5.26 Å². The molecule has 0 aliphatic rings. The van der Waals surface area contributed by atoms with E-state index in [9.17, 15) is 4.79 Å². The highest BCUT2D eigenvalue weighted by atomic mass is 16.1. The Bertz CT molecular complexity index is 392. The summed E-state index contributed by atoms with van der Waals surface area (Å²) in [5.41, 5.74) is 1.14. The minimum atomic E-state index is -0.390. The third-order valence-corrected chi connectivity index (χ3v) is 2.61. The molecule has 0 radical (unpaired) electrons. The van der Waals surface area contributed by atoms with E-state index in [1.54, 1.807) is 0 Å². The van der Waals surface area contributed by atoms with Crippen molar-refractivity contribution in [3.05, 3.63) is 35.9 Å². The highest BCUT2D eigenvalue weighted by molar-refractivity contribution is 5.76. The minimum Gasteiger partial charge on any atom is -0.340 e. The predicted molar refractivity (Wildman–Crippen MR) is 67.1 cm³/mol. The molecule has 0 saturated heterocycles. The van der Waals surface area contributed by atoms with Gasteiger partial charge in [-0.1, -0.05) is 44.2 Å². The monoisotopic (exact) mass is 230 g/mol. The van der Waals surface area contributed by atoms with Gasteiger partial charge in [0.15, 0.2) is 0 Å². The van der Waals surface area contributed by atoms with E-state index >= 15 is 0 Å². The Morgan fingerprint density at radius 3 is 2.53 bits per heavy atom. The van der Waals surface area contributed by atoms with Crippen molar-refractivity contribution in [2.45, 2.75) is 32.7 Å². The zero-order valence-corrected chi connectivity index (χ0v) is 10.3. The van der Waals surface area contributed by atoms with E-state index in [2.05, 4.69) is 11.4 Å². The second-order valence-corrected chi connectivity index (χ2v) is 4.40. The summed E-state index contributed by atoms with van der Waals surface area (Å²) in [5.74, 6) is 0.0785. The van der Waals surface area contributed by atoms with E-state index in [1.807, 2.05) is 44.2 Å². The Morgan fingerprint density at radius 2 is 2.00 bits per heavy atom. The number of nitriles is 1. The maximum Gasteiger partial charge on any atom is 0.221 e. The normalized spacial score (nSPS) is 11.9. The number of carbonyl (C=O) groups excluding carboxylic acids is 1. The van der Waals surface area contributed by atoms with Gasteiger partial charge in [-0.25, -0.2) is 0 Å². The molecule has 0 aromatic heterocycles. The van der Waals surface area contributed by atoms with Gasteiger partial charge in [0, 0.05) is 6.42 Å². The smallest absolute Gasteiger partial charge is 0.221 e. The van der Waals surface area contributed by atoms with Crippen LogP contribution in [0.2, 0.25) is 0 Å². The van der Waals surface area contributed by atoms with Crippen LogP contribution in [0.4, 0.5) is 0 Å². The maximum atomic E-state index is 11.6. The molecule has 0 saturated carbocycles. The Balaban J connectivity index is 2.38. The van der Waals surface area contributed by atoms with Gasteiger partial charge in [0.05, 0.1) is 6.07 Å².